The molecule has 1 amide bonds. The van der Waals surface area contributed by atoms with Crippen molar-refractivity contribution in [2.75, 3.05) is 14.1 Å². The Morgan fingerprint density at radius 1 is 1.24 bits per heavy atom. The summed E-state index contributed by atoms with van der Waals surface area (Å²) in [6.45, 7) is 6.82. The first kappa shape index (κ1) is 21.4. The number of rotatable bonds is 5. The Morgan fingerprint density at radius 3 is 2.28 bits per heavy atom. The Kier molecular flexibility index (Phi) is 6.61. The minimum Gasteiger partial charge on any atom is -0.449 e. The first-order chi connectivity index (χ1) is 11.3. The van der Waals surface area contributed by atoms with Gasteiger partial charge in [0.25, 0.3) is 5.91 Å². The molecule has 0 aromatic heterocycles. The van der Waals surface area contributed by atoms with Crippen LogP contribution in [0.5, 0.6) is 0 Å². The molecule has 0 saturated heterocycles. The van der Waals surface area contributed by atoms with Gasteiger partial charge < -0.3 is 10.1 Å². The van der Waals surface area contributed by atoms with Gasteiger partial charge in [-0.15, -0.1) is 0 Å². The third-order valence-electron chi connectivity index (χ3n) is 3.09. The van der Waals surface area contributed by atoms with Crippen molar-refractivity contribution < 1.29 is 22.7 Å². The molecule has 0 aliphatic carbocycles. The normalized spacial score (nSPS) is 13.4. The summed E-state index contributed by atoms with van der Waals surface area (Å²) in [5.74, 6) is -1.34. The van der Waals surface area contributed by atoms with E-state index in [1.807, 2.05) is 0 Å². The zero-order valence-corrected chi connectivity index (χ0v) is 16.7. The molecule has 0 heterocycles. The minimum absolute atomic E-state index is 0.0335. The molecule has 0 aliphatic heterocycles. The number of halogens is 1. The highest BCUT2D eigenvalue weighted by atomic mass is 35.5. The third kappa shape index (κ3) is 5.69. The van der Waals surface area contributed by atoms with Crippen LogP contribution in [0.2, 0.25) is 5.02 Å². The molecule has 0 saturated carbocycles. The third-order valence-corrected chi connectivity index (χ3v) is 5.23. The number of esters is 1. The van der Waals surface area contributed by atoms with Crippen molar-refractivity contribution in [2.24, 2.45) is 0 Å². The van der Waals surface area contributed by atoms with E-state index in [0.717, 1.165) is 10.4 Å². The fraction of sp³-hybridized carbons (Fsp3) is 0.500. The molecule has 9 heteroatoms. The maximum absolute atomic E-state index is 12.3. The van der Waals surface area contributed by atoms with Gasteiger partial charge in [0, 0.05) is 19.6 Å². The largest absolute Gasteiger partial charge is 0.449 e. The summed E-state index contributed by atoms with van der Waals surface area (Å²) in [6.07, 6.45) is -1.06. The standard InChI is InChI=1S/C16H23ClN2O5S/c1-10(14(20)18-16(2,3)4)24-15(21)12-9-11(7-8-13(12)17)25(22,23)19(5)6/h7-10H,1-6H3,(H,18,20)/t10-/m0/s1. The Hall–Kier alpha value is -1.64. The lowest BCUT2D eigenvalue weighted by molar-refractivity contribution is -0.130. The van der Waals surface area contributed by atoms with Gasteiger partial charge in [-0.3, -0.25) is 4.79 Å². The monoisotopic (exact) mass is 390 g/mol. The maximum atomic E-state index is 12.3. The van der Waals surface area contributed by atoms with Gasteiger partial charge in [0.05, 0.1) is 15.5 Å². The number of nitrogens with zero attached hydrogens (tertiary/aromatic N) is 1. The van der Waals surface area contributed by atoms with E-state index < -0.39 is 33.5 Å². The Labute approximate surface area is 153 Å². The SMILES string of the molecule is C[C@H](OC(=O)c1cc(S(=O)(=O)N(C)C)ccc1Cl)C(=O)NC(C)(C)C. The van der Waals surface area contributed by atoms with Crippen LogP contribution < -0.4 is 5.32 Å². The molecular weight excluding hydrogens is 368 g/mol. The van der Waals surface area contributed by atoms with Crippen molar-refractivity contribution in [3.05, 3.63) is 28.8 Å². The molecule has 1 aromatic carbocycles. The number of amides is 1. The molecule has 0 unspecified atom stereocenters. The summed E-state index contributed by atoms with van der Waals surface area (Å²) in [6, 6.07) is 3.73. The Balaban J connectivity index is 3.05. The molecule has 0 spiro atoms. The van der Waals surface area contributed by atoms with Crippen LogP contribution in [0.15, 0.2) is 23.1 Å². The van der Waals surface area contributed by atoms with E-state index >= 15 is 0 Å². The highest BCUT2D eigenvalue weighted by Gasteiger charge is 2.25. The van der Waals surface area contributed by atoms with E-state index in [0.29, 0.717) is 0 Å². The molecule has 1 N–H and O–H groups in total. The highest BCUT2D eigenvalue weighted by Crippen LogP contribution is 2.23. The fourth-order valence-electron chi connectivity index (χ4n) is 1.78. The van der Waals surface area contributed by atoms with Gasteiger partial charge in [-0.2, -0.15) is 0 Å². The topological polar surface area (TPSA) is 92.8 Å². The van der Waals surface area contributed by atoms with Gasteiger partial charge in [0.1, 0.15) is 0 Å². The molecule has 0 radical (unpaired) electrons. The number of ether oxygens (including phenoxy) is 1. The second kappa shape index (κ2) is 7.72. The summed E-state index contributed by atoms with van der Waals surface area (Å²) < 4.78 is 30.5. The number of carbonyl (C=O) groups is 2. The van der Waals surface area contributed by atoms with Crippen molar-refractivity contribution in [1.82, 2.24) is 9.62 Å². The van der Waals surface area contributed by atoms with Crippen molar-refractivity contribution in [1.29, 1.82) is 0 Å². The smallest absolute Gasteiger partial charge is 0.340 e. The first-order valence-electron chi connectivity index (χ1n) is 7.51. The minimum atomic E-state index is -3.73. The number of carbonyl (C=O) groups excluding carboxylic acids is 2. The van der Waals surface area contributed by atoms with Crippen molar-refractivity contribution in [3.63, 3.8) is 0 Å². The molecule has 1 atom stereocenters. The van der Waals surface area contributed by atoms with Crippen LogP contribution in [-0.4, -0.2) is 50.3 Å². The Morgan fingerprint density at radius 2 is 1.80 bits per heavy atom. The molecule has 0 aliphatic rings. The van der Waals surface area contributed by atoms with Gasteiger partial charge in [0.2, 0.25) is 10.0 Å². The summed E-state index contributed by atoms with van der Waals surface area (Å²) in [5.41, 5.74) is -0.602. The van der Waals surface area contributed by atoms with Crippen LogP contribution in [0, 0.1) is 0 Å². The maximum Gasteiger partial charge on any atom is 0.340 e. The lowest BCUT2D eigenvalue weighted by Crippen LogP contribution is -2.46. The van der Waals surface area contributed by atoms with Gasteiger partial charge in [-0.05, 0) is 45.9 Å². The van der Waals surface area contributed by atoms with Crippen LogP contribution in [0.4, 0.5) is 0 Å². The van der Waals surface area contributed by atoms with E-state index in [9.17, 15) is 18.0 Å². The molecule has 0 fully saturated rings. The van der Waals surface area contributed by atoms with Crippen LogP contribution in [0.25, 0.3) is 0 Å². The number of sulfonamides is 1. The highest BCUT2D eigenvalue weighted by molar-refractivity contribution is 7.89. The second-order valence-electron chi connectivity index (χ2n) is 6.72. The molecule has 1 rings (SSSR count). The Bertz CT molecular complexity index is 769. The van der Waals surface area contributed by atoms with Crippen molar-refractivity contribution in [3.8, 4) is 0 Å². The predicted molar refractivity (Wildman–Crippen MR) is 95.1 cm³/mol. The number of benzene rings is 1. The predicted octanol–water partition coefficient (Wildman–Crippen LogP) is 2.05. The number of hydrogen-bond donors (Lipinski definition) is 1. The van der Waals surface area contributed by atoms with Crippen LogP contribution >= 0.6 is 11.6 Å². The molecular formula is C16H23ClN2O5S. The fourth-order valence-corrected chi connectivity index (χ4v) is 2.90. The van der Waals surface area contributed by atoms with Crippen LogP contribution in [0.1, 0.15) is 38.1 Å². The quantitative estimate of drug-likeness (QED) is 0.776. The molecule has 0 bridgehead atoms. The summed E-state index contributed by atoms with van der Waals surface area (Å²) in [5, 5.41) is 2.72. The van der Waals surface area contributed by atoms with E-state index in [4.69, 9.17) is 16.3 Å². The van der Waals surface area contributed by atoms with Crippen LogP contribution in [-0.2, 0) is 19.6 Å². The van der Waals surface area contributed by atoms with E-state index in [-0.39, 0.29) is 15.5 Å². The summed E-state index contributed by atoms with van der Waals surface area (Å²) in [4.78, 5) is 24.2. The molecule has 1 aromatic rings. The second-order valence-corrected chi connectivity index (χ2v) is 9.27. The number of hydrogen-bond acceptors (Lipinski definition) is 5. The molecule has 25 heavy (non-hydrogen) atoms. The average Bonchev–Trinajstić information content (AvgIpc) is 2.45. The van der Waals surface area contributed by atoms with Crippen molar-refractivity contribution >= 4 is 33.5 Å². The van der Waals surface area contributed by atoms with Gasteiger partial charge >= 0.3 is 5.97 Å². The van der Waals surface area contributed by atoms with Crippen LogP contribution in [0.3, 0.4) is 0 Å². The van der Waals surface area contributed by atoms with Crippen molar-refractivity contribution in [2.45, 2.75) is 44.2 Å². The van der Waals surface area contributed by atoms with E-state index in [2.05, 4.69) is 5.32 Å². The van der Waals surface area contributed by atoms with Gasteiger partial charge in [-0.25, -0.2) is 17.5 Å². The number of nitrogens with one attached hydrogen (secondary N) is 1. The summed E-state index contributed by atoms with van der Waals surface area (Å²) in [7, 11) is -0.979. The lowest BCUT2D eigenvalue weighted by atomic mass is 10.1. The van der Waals surface area contributed by atoms with E-state index in [1.54, 1.807) is 20.8 Å². The first-order valence-corrected chi connectivity index (χ1v) is 9.32. The zero-order chi connectivity index (χ0) is 19.6. The van der Waals surface area contributed by atoms with E-state index in [1.165, 1.54) is 33.2 Å². The zero-order valence-electron chi connectivity index (χ0n) is 15.1. The lowest BCUT2D eigenvalue weighted by Gasteiger charge is -2.23. The molecule has 140 valence electrons. The molecule has 7 nitrogen and oxygen atoms in total. The summed E-state index contributed by atoms with van der Waals surface area (Å²) >= 11 is 5.98. The van der Waals surface area contributed by atoms with Gasteiger partial charge in [0.15, 0.2) is 6.10 Å². The van der Waals surface area contributed by atoms with Gasteiger partial charge in [-0.1, -0.05) is 11.6 Å². The average molecular weight is 391 g/mol.